The molecule has 1 unspecified atom stereocenters. The predicted octanol–water partition coefficient (Wildman–Crippen LogP) is 1.90. The standard InChI is InChI=1S/C9H14F3N3/c1-2-3-8-14-4-5-15(8)7(6-13)9(10,11)12/h4-5,7H,2-3,6,13H2,1H3. The van der Waals surface area contributed by atoms with Crippen molar-refractivity contribution in [3.8, 4) is 0 Å². The van der Waals surface area contributed by atoms with Crippen LogP contribution < -0.4 is 5.73 Å². The summed E-state index contributed by atoms with van der Waals surface area (Å²) in [6, 6.07) is -1.67. The van der Waals surface area contributed by atoms with E-state index < -0.39 is 18.8 Å². The highest BCUT2D eigenvalue weighted by Crippen LogP contribution is 2.30. The molecule has 0 amide bonds. The van der Waals surface area contributed by atoms with E-state index in [9.17, 15) is 13.2 Å². The fraction of sp³-hybridized carbons (Fsp3) is 0.667. The van der Waals surface area contributed by atoms with Gasteiger partial charge in [0.2, 0.25) is 0 Å². The van der Waals surface area contributed by atoms with E-state index in [-0.39, 0.29) is 0 Å². The lowest BCUT2D eigenvalue weighted by Gasteiger charge is -2.21. The Kier molecular flexibility index (Phi) is 3.73. The Morgan fingerprint density at radius 2 is 2.20 bits per heavy atom. The van der Waals surface area contributed by atoms with Gasteiger partial charge in [0.25, 0.3) is 0 Å². The van der Waals surface area contributed by atoms with Gasteiger partial charge in [0.05, 0.1) is 0 Å². The molecule has 1 rings (SSSR count). The monoisotopic (exact) mass is 221 g/mol. The number of imidazole rings is 1. The Morgan fingerprint density at radius 1 is 1.53 bits per heavy atom. The summed E-state index contributed by atoms with van der Waals surface area (Å²) in [6.07, 6.45) is -0.334. The molecule has 0 aliphatic heterocycles. The molecule has 0 fully saturated rings. The molecule has 86 valence electrons. The van der Waals surface area contributed by atoms with Crippen LogP contribution in [0.25, 0.3) is 0 Å². The van der Waals surface area contributed by atoms with E-state index in [1.54, 1.807) is 0 Å². The Labute approximate surface area is 86.1 Å². The summed E-state index contributed by atoms with van der Waals surface area (Å²) in [5.41, 5.74) is 5.15. The second-order valence-electron chi connectivity index (χ2n) is 3.29. The first kappa shape index (κ1) is 12.0. The van der Waals surface area contributed by atoms with Gasteiger partial charge in [-0.15, -0.1) is 0 Å². The molecular formula is C9H14F3N3. The highest BCUT2D eigenvalue weighted by Gasteiger charge is 2.40. The summed E-state index contributed by atoms with van der Waals surface area (Å²) in [5, 5.41) is 0. The molecule has 0 aromatic carbocycles. The average Bonchev–Trinajstić information content (AvgIpc) is 2.53. The minimum absolute atomic E-state index is 0.435. The van der Waals surface area contributed by atoms with Crippen molar-refractivity contribution in [3.63, 3.8) is 0 Å². The molecular weight excluding hydrogens is 207 g/mol. The van der Waals surface area contributed by atoms with E-state index in [0.717, 1.165) is 11.0 Å². The topological polar surface area (TPSA) is 43.8 Å². The average molecular weight is 221 g/mol. The Morgan fingerprint density at radius 3 is 2.67 bits per heavy atom. The summed E-state index contributed by atoms with van der Waals surface area (Å²) in [7, 11) is 0. The van der Waals surface area contributed by atoms with Crippen LogP contribution in [0.4, 0.5) is 13.2 Å². The lowest BCUT2D eigenvalue weighted by molar-refractivity contribution is -0.165. The summed E-state index contributed by atoms with van der Waals surface area (Å²) >= 11 is 0. The lowest BCUT2D eigenvalue weighted by atomic mass is 10.2. The molecule has 0 aliphatic carbocycles. The van der Waals surface area contributed by atoms with Crippen LogP contribution in [0.15, 0.2) is 12.4 Å². The molecule has 0 radical (unpaired) electrons. The molecule has 1 aromatic rings. The zero-order valence-corrected chi connectivity index (χ0v) is 8.46. The quantitative estimate of drug-likeness (QED) is 0.843. The molecule has 0 saturated carbocycles. The molecule has 15 heavy (non-hydrogen) atoms. The third kappa shape index (κ3) is 2.71. The van der Waals surface area contributed by atoms with Crippen LogP contribution >= 0.6 is 0 Å². The number of aryl methyl sites for hydroxylation is 1. The van der Waals surface area contributed by atoms with Gasteiger partial charge in [0.1, 0.15) is 11.9 Å². The van der Waals surface area contributed by atoms with Gasteiger partial charge in [0.15, 0.2) is 0 Å². The smallest absolute Gasteiger partial charge is 0.328 e. The fourth-order valence-electron chi connectivity index (χ4n) is 1.45. The molecule has 1 atom stereocenters. The van der Waals surface area contributed by atoms with Crippen molar-refractivity contribution in [2.45, 2.75) is 32.0 Å². The van der Waals surface area contributed by atoms with Gasteiger partial charge in [-0.1, -0.05) is 6.92 Å². The maximum atomic E-state index is 12.6. The van der Waals surface area contributed by atoms with E-state index in [4.69, 9.17) is 5.73 Å². The third-order valence-electron chi connectivity index (χ3n) is 2.16. The first-order valence-corrected chi connectivity index (χ1v) is 4.79. The van der Waals surface area contributed by atoms with Gasteiger partial charge >= 0.3 is 6.18 Å². The molecule has 6 heteroatoms. The SMILES string of the molecule is CCCc1nccn1C(CN)C(F)(F)F. The summed E-state index contributed by atoms with van der Waals surface area (Å²) in [5.74, 6) is 0.435. The number of aromatic nitrogens is 2. The van der Waals surface area contributed by atoms with Gasteiger partial charge in [0, 0.05) is 25.4 Å². The van der Waals surface area contributed by atoms with Gasteiger partial charge in [-0.3, -0.25) is 0 Å². The molecule has 0 saturated heterocycles. The van der Waals surface area contributed by atoms with Crippen LogP contribution in [0.1, 0.15) is 25.2 Å². The van der Waals surface area contributed by atoms with Crippen LogP contribution in [0.3, 0.4) is 0 Å². The number of rotatable bonds is 4. The highest BCUT2D eigenvalue weighted by atomic mass is 19.4. The van der Waals surface area contributed by atoms with E-state index in [0.29, 0.717) is 12.2 Å². The van der Waals surface area contributed by atoms with Crippen LogP contribution in [-0.2, 0) is 6.42 Å². The van der Waals surface area contributed by atoms with Gasteiger partial charge in [-0.2, -0.15) is 13.2 Å². The van der Waals surface area contributed by atoms with Crippen molar-refractivity contribution < 1.29 is 13.2 Å². The number of hydrogen-bond acceptors (Lipinski definition) is 2. The Hall–Kier alpha value is -1.04. The van der Waals surface area contributed by atoms with Gasteiger partial charge < -0.3 is 10.3 Å². The first-order valence-electron chi connectivity index (χ1n) is 4.79. The molecule has 1 aromatic heterocycles. The first-order chi connectivity index (χ1) is 7.00. The van der Waals surface area contributed by atoms with Crippen molar-refractivity contribution in [2.75, 3.05) is 6.54 Å². The minimum Gasteiger partial charge on any atom is -0.328 e. The molecule has 0 bridgehead atoms. The van der Waals surface area contributed by atoms with Crippen molar-refractivity contribution in [3.05, 3.63) is 18.2 Å². The molecule has 0 aliphatic rings. The second-order valence-corrected chi connectivity index (χ2v) is 3.29. The summed E-state index contributed by atoms with van der Waals surface area (Å²) in [6.45, 7) is 1.43. The third-order valence-corrected chi connectivity index (χ3v) is 2.16. The zero-order valence-electron chi connectivity index (χ0n) is 8.46. The van der Waals surface area contributed by atoms with Crippen molar-refractivity contribution in [1.82, 2.24) is 9.55 Å². The Bertz CT molecular complexity index is 306. The Balaban J connectivity index is 2.96. The van der Waals surface area contributed by atoms with Crippen molar-refractivity contribution in [1.29, 1.82) is 0 Å². The van der Waals surface area contributed by atoms with Crippen molar-refractivity contribution >= 4 is 0 Å². The maximum absolute atomic E-state index is 12.6. The molecule has 0 spiro atoms. The number of halogens is 3. The number of nitrogens with zero attached hydrogens (tertiary/aromatic N) is 2. The maximum Gasteiger partial charge on any atom is 0.410 e. The minimum atomic E-state index is -4.32. The normalized spacial score (nSPS) is 14.2. The van der Waals surface area contributed by atoms with Gasteiger partial charge in [-0.25, -0.2) is 4.98 Å². The zero-order chi connectivity index (χ0) is 11.5. The van der Waals surface area contributed by atoms with Crippen LogP contribution in [-0.4, -0.2) is 22.3 Å². The highest BCUT2D eigenvalue weighted by molar-refractivity contribution is 4.97. The van der Waals surface area contributed by atoms with Crippen LogP contribution in [0.5, 0.6) is 0 Å². The van der Waals surface area contributed by atoms with Crippen LogP contribution in [0, 0.1) is 0 Å². The van der Waals surface area contributed by atoms with Crippen LogP contribution in [0.2, 0.25) is 0 Å². The van der Waals surface area contributed by atoms with E-state index in [1.807, 2.05) is 6.92 Å². The van der Waals surface area contributed by atoms with E-state index in [2.05, 4.69) is 4.98 Å². The van der Waals surface area contributed by atoms with Crippen molar-refractivity contribution in [2.24, 2.45) is 5.73 Å². The number of alkyl halides is 3. The largest absolute Gasteiger partial charge is 0.410 e. The number of hydrogen-bond donors (Lipinski definition) is 1. The number of nitrogens with two attached hydrogens (primary N) is 1. The fourth-order valence-corrected chi connectivity index (χ4v) is 1.45. The molecule has 1 heterocycles. The second kappa shape index (κ2) is 4.65. The summed E-state index contributed by atoms with van der Waals surface area (Å²) in [4.78, 5) is 3.90. The van der Waals surface area contributed by atoms with E-state index >= 15 is 0 Å². The molecule has 2 N–H and O–H groups in total. The summed E-state index contributed by atoms with van der Waals surface area (Å²) < 4.78 is 38.8. The molecule has 3 nitrogen and oxygen atoms in total. The predicted molar refractivity (Wildman–Crippen MR) is 50.4 cm³/mol. The lowest BCUT2D eigenvalue weighted by Crippen LogP contribution is -2.33. The van der Waals surface area contributed by atoms with Gasteiger partial charge in [-0.05, 0) is 6.42 Å². The van der Waals surface area contributed by atoms with E-state index in [1.165, 1.54) is 12.4 Å².